The quantitative estimate of drug-likeness (QED) is 0.588. The second kappa shape index (κ2) is 6.67. The van der Waals surface area contributed by atoms with Gasteiger partial charge in [0, 0.05) is 43.1 Å². The van der Waals surface area contributed by atoms with Crippen LogP contribution >= 0.6 is 0 Å². The van der Waals surface area contributed by atoms with Gasteiger partial charge in [0.05, 0.1) is 5.69 Å². The first kappa shape index (κ1) is 16.7. The largest absolute Gasteiger partial charge is 0.351 e. The molecule has 4 aromatic rings. The van der Waals surface area contributed by atoms with E-state index in [1.807, 2.05) is 42.7 Å². The number of imidazole rings is 1. The Morgan fingerprint density at radius 3 is 2.48 bits per heavy atom. The number of aromatic nitrogens is 4. The van der Waals surface area contributed by atoms with Crippen molar-refractivity contribution in [3.63, 3.8) is 0 Å². The topological polar surface area (TPSA) is 58.9 Å². The molecule has 3 aliphatic heterocycles. The second-order valence-corrected chi connectivity index (χ2v) is 7.84. The summed E-state index contributed by atoms with van der Waals surface area (Å²) in [7, 11) is 0. The number of hydrogen-bond donors (Lipinski definition) is 1. The highest BCUT2D eigenvalue weighted by molar-refractivity contribution is 5.81. The monoisotopic (exact) mass is 382 g/mol. The fourth-order valence-electron chi connectivity index (χ4n) is 4.62. The van der Waals surface area contributed by atoms with Crippen molar-refractivity contribution in [2.75, 3.05) is 18.0 Å². The number of piperidine rings is 2. The highest BCUT2D eigenvalue weighted by Gasteiger charge is 2.34. The van der Waals surface area contributed by atoms with E-state index in [4.69, 9.17) is 9.97 Å². The maximum Gasteiger partial charge on any atom is 0.167 e. The molecule has 3 saturated heterocycles. The molecule has 3 fully saturated rings. The van der Waals surface area contributed by atoms with Gasteiger partial charge >= 0.3 is 0 Å². The smallest absolute Gasteiger partial charge is 0.167 e. The minimum absolute atomic E-state index is 0.524. The van der Waals surface area contributed by atoms with E-state index in [9.17, 15) is 0 Å². The van der Waals surface area contributed by atoms with Crippen LogP contribution in [-0.4, -0.2) is 44.7 Å². The molecule has 3 aromatic heterocycles. The summed E-state index contributed by atoms with van der Waals surface area (Å²) in [5.41, 5.74) is 3.89. The summed E-state index contributed by atoms with van der Waals surface area (Å²) in [6.07, 6.45) is 6.12. The lowest BCUT2D eigenvalue weighted by molar-refractivity contribution is 0.289. The van der Waals surface area contributed by atoms with Crippen LogP contribution in [0.3, 0.4) is 0 Å². The van der Waals surface area contributed by atoms with Gasteiger partial charge < -0.3 is 10.2 Å². The lowest BCUT2D eigenvalue weighted by atomic mass is 9.93. The Kier molecular flexibility index (Phi) is 3.84. The third-order valence-electron chi connectivity index (χ3n) is 6.09. The van der Waals surface area contributed by atoms with Crippen molar-refractivity contribution in [3.8, 4) is 17.1 Å². The first-order valence-corrected chi connectivity index (χ1v) is 10.2. The van der Waals surface area contributed by atoms with E-state index < -0.39 is 0 Å². The molecular weight excluding hydrogens is 360 g/mol. The van der Waals surface area contributed by atoms with E-state index in [-0.39, 0.29) is 0 Å². The fourth-order valence-corrected chi connectivity index (χ4v) is 4.62. The maximum absolute atomic E-state index is 5.12. The molecule has 6 nitrogen and oxygen atoms in total. The zero-order chi connectivity index (χ0) is 19.2. The first-order valence-electron chi connectivity index (χ1n) is 10.2. The number of fused-ring (bicyclic) bond motifs is 4. The van der Waals surface area contributed by atoms with Crippen molar-refractivity contribution < 1.29 is 0 Å². The zero-order valence-corrected chi connectivity index (χ0v) is 16.1. The van der Waals surface area contributed by atoms with Crippen LogP contribution in [0.4, 0.5) is 5.82 Å². The Morgan fingerprint density at radius 1 is 0.897 bits per heavy atom. The third-order valence-corrected chi connectivity index (χ3v) is 6.09. The van der Waals surface area contributed by atoms with Crippen molar-refractivity contribution in [2.45, 2.75) is 24.9 Å². The molecule has 1 N–H and O–H groups in total. The summed E-state index contributed by atoms with van der Waals surface area (Å²) in [6.45, 7) is 2.07. The Morgan fingerprint density at radius 2 is 1.76 bits per heavy atom. The predicted molar refractivity (Wildman–Crippen MR) is 114 cm³/mol. The van der Waals surface area contributed by atoms with E-state index in [1.165, 1.54) is 12.8 Å². The summed E-state index contributed by atoms with van der Waals surface area (Å²) in [5.74, 6) is 1.95. The molecule has 0 spiro atoms. The van der Waals surface area contributed by atoms with Crippen LogP contribution in [0.1, 0.15) is 12.8 Å². The molecular formula is C23H22N6. The van der Waals surface area contributed by atoms with E-state index in [0.717, 1.165) is 47.1 Å². The molecule has 2 unspecified atom stereocenters. The predicted octanol–water partition coefficient (Wildman–Crippen LogP) is 3.42. The molecule has 1 aromatic carbocycles. The van der Waals surface area contributed by atoms with Gasteiger partial charge in [-0.15, -0.1) is 0 Å². The van der Waals surface area contributed by atoms with E-state index >= 15 is 0 Å². The van der Waals surface area contributed by atoms with Crippen molar-refractivity contribution in [1.29, 1.82) is 0 Å². The fraction of sp³-hybridized carbons (Fsp3) is 0.261. The second-order valence-electron chi connectivity index (χ2n) is 7.84. The summed E-state index contributed by atoms with van der Waals surface area (Å²) in [5, 5.41) is 3.62. The molecule has 3 aliphatic rings. The van der Waals surface area contributed by atoms with Crippen LogP contribution in [-0.2, 0) is 0 Å². The van der Waals surface area contributed by atoms with Crippen LogP contribution in [0.5, 0.6) is 0 Å². The van der Waals surface area contributed by atoms with Gasteiger partial charge in [-0.05, 0) is 37.1 Å². The maximum atomic E-state index is 5.12. The molecule has 0 radical (unpaired) electrons. The van der Waals surface area contributed by atoms with Gasteiger partial charge in [-0.25, -0.2) is 9.97 Å². The minimum atomic E-state index is 0.524. The first-order chi connectivity index (χ1) is 14.4. The molecule has 29 heavy (non-hydrogen) atoms. The zero-order valence-electron chi connectivity index (χ0n) is 16.1. The van der Waals surface area contributed by atoms with Gasteiger partial charge in [0.25, 0.3) is 0 Å². The molecule has 6 heterocycles. The van der Waals surface area contributed by atoms with E-state index in [2.05, 4.69) is 44.0 Å². The molecule has 0 aliphatic carbocycles. The molecule has 0 amide bonds. The van der Waals surface area contributed by atoms with Crippen molar-refractivity contribution in [3.05, 3.63) is 67.0 Å². The molecule has 7 rings (SSSR count). The summed E-state index contributed by atoms with van der Waals surface area (Å²) in [4.78, 5) is 16.7. The van der Waals surface area contributed by atoms with Crippen LogP contribution in [0.15, 0.2) is 67.0 Å². The number of hydrogen-bond acceptors (Lipinski definition) is 5. The number of piperazine rings is 1. The highest BCUT2D eigenvalue weighted by Crippen LogP contribution is 2.31. The Balaban J connectivity index is 1.54. The van der Waals surface area contributed by atoms with Crippen LogP contribution < -0.4 is 10.2 Å². The molecule has 0 saturated carbocycles. The number of nitrogens with zero attached hydrogens (tertiary/aromatic N) is 5. The lowest BCUT2D eigenvalue weighted by Gasteiger charge is -2.46. The molecule has 144 valence electrons. The van der Waals surface area contributed by atoms with E-state index in [1.54, 1.807) is 0 Å². The SMILES string of the molecule is c1ccc(-c2nc3ccc(N4CC5CCC4CN5)nc3n2-c2ccncc2)cc1. The van der Waals surface area contributed by atoms with Crippen LogP contribution in [0.25, 0.3) is 28.2 Å². The molecule has 6 heteroatoms. The van der Waals surface area contributed by atoms with Gasteiger partial charge in [0.1, 0.15) is 17.2 Å². The van der Waals surface area contributed by atoms with Crippen molar-refractivity contribution in [1.82, 2.24) is 24.8 Å². The van der Waals surface area contributed by atoms with Gasteiger partial charge in [-0.2, -0.15) is 0 Å². The number of benzene rings is 1. The van der Waals surface area contributed by atoms with E-state index in [0.29, 0.717) is 12.1 Å². The third kappa shape index (κ3) is 2.79. The average Bonchev–Trinajstić information content (AvgIpc) is 3.20. The van der Waals surface area contributed by atoms with Gasteiger partial charge in [-0.1, -0.05) is 30.3 Å². The Bertz CT molecular complexity index is 1150. The van der Waals surface area contributed by atoms with Gasteiger partial charge in [0.2, 0.25) is 0 Å². The summed E-state index contributed by atoms with van der Waals surface area (Å²) < 4.78 is 2.15. The van der Waals surface area contributed by atoms with Gasteiger partial charge in [0.15, 0.2) is 5.65 Å². The van der Waals surface area contributed by atoms with Crippen LogP contribution in [0.2, 0.25) is 0 Å². The van der Waals surface area contributed by atoms with Gasteiger partial charge in [-0.3, -0.25) is 9.55 Å². The van der Waals surface area contributed by atoms with Crippen molar-refractivity contribution in [2.24, 2.45) is 0 Å². The normalized spacial score (nSPS) is 21.0. The number of rotatable bonds is 3. The molecule has 2 bridgehead atoms. The number of anilines is 1. The van der Waals surface area contributed by atoms with Crippen LogP contribution in [0, 0.1) is 0 Å². The highest BCUT2D eigenvalue weighted by atomic mass is 15.3. The Hall–Kier alpha value is -3.25. The molecule has 2 atom stereocenters. The summed E-state index contributed by atoms with van der Waals surface area (Å²) >= 11 is 0. The lowest BCUT2D eigenvalue weighted by Crippen LogP contribution is -2.61. The summed E-state index contributed by atoms with van der Waals surface area (Å²) in [6, 6.07) is 19.6. The Labute approximate surface area is 169 Å². The number of nitrogens with one attached hydrogen (secondary N) is 1. The van der Waals surface area contributed by atoms with Crippen molar-refractivity contribution >= 4 is 17.0 Å². The minimum Gasteiger partial charge on any atom is -0.351 e. The number of pyridine rings is 2. The average molecular weight is 382 g/mol. The standard InChI is InChI=1S/C23H22N6/c1-2-4-16(5-3-1)22-26-20-8-9-21(28-15-17-6-7-19(28)14-25-17)27-23(20)29(22)18-10-12-24-13-11-18/h1-5,8-13,17,19,25H,6-7,14-15H2.